The maximum atomic E-state index is 12.9. The summed E-state index contributed by atoms with van der Waals surface area (Å²) in [4.78, 5) is 24.3. The Bertz CT molecular complexity index is 1110. The fraction of sp³-hybridized carbons (Fsp3) is 0.292. The van der Waals surface area contributed by atoms with Gasteiger partial charge in [-0.05, 0) is 36.6 Å². The minimum Gasteiger partial charge on any atom is -0.495 e. The highest BCUT2D eigenvalue weighted by molar-refractivity contribution is 6.05. The van der Waals surface area contributed by atoms with Crippen LogP contribution in [0.2, 0.25) is 0 Å². The second-order valence-electron chi connectivity index (χ2n) is 7.70. The van der Waals surface area contributed by atoms with Crippen molar-refractivity contribution in [3.63, 3.8) is 0 Å². The maximum absolute atomic E-state index is 12.9. The van der Waals surface area contributed by atoms with Crippen LogP contribution in [0.25, 0.3) is 23.1 Å². The monoisotopic (exact) mass is 421 g/mol. The Morgan fingerprint density at radius 2 is 1.87 bits per heavy atom. The zero-order valence-corrected chi connectivity index (χ0v) is 18.1. The number of hydrogen-bond acceptors (Lipinski definition) is 5. The molecule has 1 heterocycles. The van der Waals surface area contributed by atoms with E-state index in [1.54, 1.807) is 24.3 Å². The molecule has 0 aliphatic carbocycles. The van der Waals surface area contributed by atoms with Gasteiger partial charge in [-0.2, -0.15) is 5.10 Å². The first-order valence-electron chi connectivity index (χ1n) is 10.1. The summed E-state index contributed by atoms with van der Waals surface area (Å²) in [6, 6.07) is 10.4. The zero-order valence-electron chi connectivity index (χ0n) is 18.1. The van der Waals surface area contributed by atoms with Crippen LogP contribution in [0.15, 0.2) is 36.4 Å². The molecule has 0 fully saturated rings. The number of amides is 1. The predicted molar refractivity (Wildman–Crippen MR) is 121 cm³/mol. The fourth-order valence-corrected chi connectivity index (χ4v) is 3.29. The summed E-state index contributed by atoms with van der Waals surface area (Å²) in [6.45, 7) is 5.26. The van der Waals surface area contributed by atoms with Crippen LogP contribution < -0.4 is 10.1 Å². The number of carbonyl (C=O) groups is 2. The van der Waals surface area contributed by atoms with Crippen molar-refractivity contribution in [1.29, 1.82) is 0 Å². The van der Waals surface area contributed by atoms with Crippen LogP contribution in [0.5, 0.6) is 5.75 Å². The summed E-state index contributed by atoms with van der Waals surface area (Å²) in [5, 5.41) is 20.4. The molecule has 3 rings (SSSR count). The van der Waals surface area contributed by atoms with Crippen molar-refractivity contribution >= 4 is 34.7 Å². The first-order chi connectivity index (χ1) is 14.8. The molecule has 0 bridgehead atoms. The number of aromatic amines is 1. The number of rotatable bonds is 8. The number of ketones is 1. The van der Waals surface area contributed by atoms with E-state index in [1.165, 1.54) is 14.0 Å². The number of hydrogen-bond donors (Lipinski definition) is 3. The van der Waals surface area contributed by atoms with Crippen LogP contribution >= 0.6 is 0 Å². The van der Waals surface area contributed by atoms with Gasteiger partial charge >= 0.3 is 0 Å². The molecule has 3 N–H and O–H groups in total. The lowest BCUT2D eigenvalue weighted by Gasteiger charge is -2.20. The summed E-state index contributed by atoms with van der Waals surface area (Å²) >= 11 is 0. The van der Waals surface area contributed by atoms with E-state index in [1.807, 2.05) is 38.1 Å². The number of nitrogens with one attached hydrogen (secondary N) is 2. The van der Waals surface area contributed by atoms with E-state index in [9.17, 15) is 14.7 Å². The lowest BCUT2D eigenvalue weighted by molar-refractivity contribution is 0.0893. The van der Waals surface area contributed by atoms with Gasteiger partial charge in [0.25, 0.3) is 5.91 Å². The number of Topliss-reactive ketones (excluding diaryl/α,β-unsaturated/α-hetero) is 1. The third-order valence-corrected chi connectivity index (χ3v) is 5.23. The number of aliphatic hydroxyl groups excluding tert-OH is 1. The van der Waals surface area contributed by atoms with Crippen molar-refractivity contribution < 1.29 is 19.4 Å². The first-order valence-corrected chi connectivity index (χ1v) is 10.1. The number of carbonyl (C=O) groups excluding carboxylic acids is 2. The molecule has 1 unspecified atom stereocenters. The molecule has 0 spiro atoms. The molecule has 2 aromatic carbocycles. The van der Waals surface area contributed by atoms with E-state index < -0.39 is 0 Å². The molecule has 1 aromatic heterocycles. The molecule has 1 atom stereocenters. The van der Waals surface area contributed by atoms with E-state index in [2.05, 4.69) is 15.5 Å². The molecule has 0 aliphatic rings. The Morgan fingerprint density at radius 3 is 2.45 bits per heavy atom. The second-order valence-corrected chi connectivity index (χ2v) is 7.70. The zero-order chi connectivity index (χ0) is 22.5. The molecule has 1 amide bonds. The number of methoxy groups -OCH3 is 1. The number of aliphatic hydroxyl groups is 1. The maximum Gasteiger partial charge on any atom is 0.255 e. The molecule has 0 radical (unpaired) electrons. The van der Waals surface area contributed by atoms with Gasteiger partial charge in [-0.25, -0.2) is 0 Å². The Morgan fingerprint density at radius 1 is 1.16 bits per heavy atom. The van der Waals surface area contributed by atoms with E-state index in [0.717, 1.165) is 11.1 Å². The van der Waals surface area contributed by atoms with E-state index in [0.29, 0.717) is 28.0 Å². The summed E-state index contributed by atoms with van der Waals surface area (Å²) in [5.74, 6) is 0.203. The van der Waals surface area contributed by atoms with Gasteiger partial charge in [-0.1, -0.05) is 44.2 Å². The van der Waals surface area contributed by atoms with Crippen LogP contribution in [-0.2, 0) is 0 Å². The SMILES string of the molecule is COc1c(C(=O)NC(CO)C(C)C)ccc2[nH]nc(C=Cc3ccc(C(C)=O)cc3)c12. The molecule has 31 heavy (non-hydrogen) atoms. The number of nitrogens with zero attached hydrogens (tertiary/aromatic N) is 1. The number of fused-ring (bicyclic) bond motifs is 1. The summed E-state index contributed by atoms with van der Waals surface area (Å²) < 4.78 is 5.59. The van der Waals surface area contributed by atoms with Gasteiger partial charge in [0.2, 0.25) is 0 Å². The van der Waals surface area contributed by atoms with Gasteiger partial charge in [0.1, 0.15) is 5.75 Å². The minimum absolute atomic E-state index is 0.0188. The van der Waals surface area contributed by atoms with Gasteiger partial charge in [-0.15, -0.1) is 0 Å². The Labute approximate surface area is 181 Å². The minimum atomic E-state index is -0.352. The van der Waals surface area contributed by atoms with Crippen molar-refractivity contribution in [2.24, 2.45) is 5.92 Å². The fourth-order valence-electron chi connectivity index (χ4n) is 3.29. The number of H-pyrrole nitrogens is 1. The van der Waals surface area contributed by atoms with Crippen LogP contribution in [0, 0.1) is 5.92 Å². The van der Waals surface area contributed by atoms with E-state index in [4.69, 9.17) is 4.74 Å². The molecule has 0 saturated carbocycles. The summed E-state index contributed by atoms with van der Waals surface area (Å²) in [7, 11) is 1.51. The third-order valence-electron chi connectivity index (χ3n) is 5.23. The smallest absolute Gasteiger partial charge is 0.255 e. The summed E-state index contributed by atoms with van der Waals surface area (Å²) in [6.07, 6.45) is 3.71. The Kier molecular flexibility index (Phi) is 6.87. The lowest BCUT2D eigenvalue weighted by atomic mass is 10.0. The highest BCUT2D eigenvalue weighted by Crippen LogP contribution is 2.32. The molecular weight excluding hydrogens is 394 g/mol. The van der Waals surface area contributed by atoms with Crippen LogP contribution in [-0.4, -0.2) is 46.8 Å². The van der Waals surface area contributed by atoms with Gasteiger partial charge in [-0.3, -0.25) is 14.7 Å². The van der Waals surface area contributed by atoms with Gasteiger partial charge in [0.15, 0.2) is 5.78 Å². The van der Waals surface area contributed by atoms with Crippen LogP contribution in [0.1, 0.15) is 52.7 Å². The van der Waals surface area contributed by atoms with Crippen LogP contribution in [0.4, 0.5) is 0 Å². The first kappa shape index (κ1) is 22.2. The third kappa shape index (κ3) is 4.83. The standard InChI is InChI=1S/C24H27N3O4/c1-14(2)21(13-28)25-24(30)18-10-12-20-22(23(18)31-4)19(26-27-20)11-7-16-5-8-17(9-6-16)15(3)29/h5-12,14,21,28H,13H2,1-4H3,(H,25,30)(H,26,27). The molecule has 0 saturated heterocycles. The van der Waals surface area contributed by atoms with Gasteiger partial charge in [0.05, 0.1) is 41.9 Å². The van der Waals surface area contributed by atoms with Crippen molar-refractivity contribution in [2.75, 3.05) is 13.7 Å². The topological polar surface area (TPSA) is 104 Å². The molecule has 7 nitrogen and oxygen atoms in total. The normalized spacial score (nSPS) is 12.5. The number of aromatic nitrogens is 2. The second kappa shape index (κ2) is 9.57. The molecule has 0 aliphatic heterocycles. The quantitative estimate of drug-likeness (QED) is 0.481. The van der Waals surface area contributed by atoms with Gasteiger partial charge < -0.3 is 15.2 Å². The molecule has 3 aromatic rings. The largest absolute Gasteiger partial charge is 0.495 e. The summed E-state index contributed by atoms with van der Waals surface area (Å²) in [5.41, 5.74) is 3.30. The Balaban J connectivity index is 1.96. The average molecular weight is 421 g/mol. The number of ether oxygens (including phenoxy) is 1. The predicted octanol–water partition coefficient (Wildman–Crippen LogP) is 3.69. The lowest BCUT2D eigenvalue weighted by Crippen LogP contribution is -2.41. The molecule has 7 heteroatoms. The molecular formula is C24H27N3O4. The molecule has 162 valence electrons. The van der Waals surface area contributed by atoms with E-state index in [-0.39, 0.29) is 30.3 Å². The van der Waals surface area contributed by atoms with Crippen molar-refractivity contribution in [1.82, 2.24) is 15.5 Å². The van der Waals surface area contributed by atoms with Crippen LogP contribution in [0.3, 0.4) is 0 Å². The van der Waals surface area contributed by atoms with E-state index >= 15 is 0 Å². The van der Waals surface area contributed by atoms with Gasteiger partial charge in [0, 0.05) is 5.56 Å². The van der Waals surface area contributed by atoms with Crippen molar-refractivity contribution in [3.05, 3.63) is 58.8 Å². The number of benzene rings is 2. The van der Waals surface area contributed by atoms with Crippen molar-refractivity contribution in [2.45, 2.75) is 26.8 Å². The highest BCUT2D eigenvalue weighted by atomic mass is 16.5. The Hall–Kier alpha value is -3.45. The highest BCUT2D eigenvalue weighted by Gasteiger charge is 2.22. The average Bonchev–Trinajstić information content (AvgIpc) is 3.18. The van der Waals surface area contributed by atoms with Crippen molar-refractivity contribution in [3.8, 4) is 5.75 Å².